The molecule has 2 aliphatic rings. The minimum absolute atomic E-state index is 0.0906. The fourth-order valence-electron chi connectivity index (χ4n) is 3.38. The van der Waals surface area contributed by atoms with Crippen LogP contribution in [0.1, 0.15) is 28.9 Å². The summed E-state index contributed by atoms with van der Waals surface area (Å²) < 4.78 is 47.8. The van der Waals surface area contributed by atoms with Gasteiger partial charge in [0.15, 0.2) is 0 Å². The number of amides is 1. The molecule has 0 spiro atoms. The minimum Gasteiger partial charge on any atom is -0.335 e. The van der Waals surface area contributed by atoms with Gasteiger partial charge < -0.3 is 9.62 Å². The molecule has 33 heavy (non-hydrogen) atoms. The van der Waals surface area contributed by atoms with Crippen LogP contribution in [0.15, 0.2) is 77.6 Å². The van der Waals surface area contributed by atoms with Gasteiger partial charge in [0.2, 0.25) is 0 Å². The van der Waals surface area contributed by atoms with Gasteiger partial charge in [-0.15, -0.1) is 0 Å². The maximum atomic E-state index is 13.4. The Balaban J connectivity index is 1.64. The van der Waals surface area contributed by atoms with E-state index in [1.807, 2.05) is 6.92 Å². The summed E-state index contributed by atoms with van der Waals surface area (Å²) in [5.74, 6) is -0.719. The third-order valence-corrected chi connectivity index (χ3v) is 8.13. The van der Waals surface area contributed by atoms with Crippen LogP contribution in [0, 0.1) is 9.39 Å². The van der Waals surface area contributed by atoms with E-state index in [1.165, 1.54) is 35.2 Å². The summed E-state index contributed by atoms with van der Waals surface area (Å²) in [7, 11) is -2.36. The third-order valence-electron chi connectivity index (χ3n) is 5.31. The van der Waals surface area contributed by atoms with Crippen molar-refractivity contribution in [1.29, 1.82) is 0 Å². The van der Waals surface area contributed by atoms with E-state index in [1.54, 1.807) is 60.2 Å². The molecule has 0 aliphatic carbocycles. The molecule has 7 nitrogen and oxygen atoms in total. The van der Waals surface area contributed by atoms with Gasteiger partial charge >= 0.3 is 0 Å². The topological polar surface area (TPSA) is 81.8 Å². The predicted molar refractivity (Wildman–Crippen MR) is 136 cm³/mol. The fourth-order valence-corrected chi connectivity index (χ4v) is 5.85. The van der Waals surface area contributed by atoms with Crippen molar-refractivity contribution < 1.29 is 17.6 Å². The highest BCUT2D eigenvalue weighted by atomic mass is 127. The van der Waals surface area contributed by atoms with Crippen LogP contribution < -0.4 is 9.44 Å². The first kappa shape index (κ1) is 23.6. The highest BCUT2D eigenvalue weighted by molar-refractivity contribution is 14.1. The van der Waals surface area contributed by atoms with Gasteiger partial charge in [0, 0.05) is 23.0 Å². The average Bonchev–Trinajstić information content (AvgIpc) is 3.27. The van der Waals surface area contributed by atoms with Gasteiger partial charge in [0.1, 0.15) is 10.7 Å². The second kappa shape index (κ2) is 9.39. The van der Waals surface area contributed by atoms with Crippen LogP contribution >= 0.6 is 34.7 Å². The zero-order valence-corrected chi connectivity index (χ0v) is 21.4. The molecule has 2 N–H and O–H groups in total. The van der Waals surface area contributed by atoms with Crippen molar-refractivity contribution in [1.82, 2.24) is 13.9 Å². The summed E-state index contributed by atoms with van der Waals surface area (Å²) in [6.45, 7) is 1.83. The van der Waals surface area contributed by atoms with Gasteiger partial charge in [-0.3, -0.25) is 13.8 Å². The zero-order valence-electron chi connectivity index (χ0n) is 17.6. The van der Waals surface area contributed by atoms with Crippen LogP contribution in [0.5, 0.6) is 0 Å². The monoisotopic (exact) mass is 598 g/mol. The number of hydrogen-bond donors (Lipinski definition) is 2. The highest BCUT2D eigenvalue weighted by Crippen LogP contribution is 2.34. The van der Waals surface area contributed by atoms with Gasteiger partial charge in [0.05, 0.1) is 35.1 Å². The molecule has 172 valence electrons. The predicted octanol–water partition coefficient (Wildman–Crippen LogP) is 4.73. The van der Waals surface area contributed by atoms with E-state index in [9.17, 15) is 17.6 Å². The largest absolute Gasteiger partial charge is 0.335 e. The van der Waals surface area contributed by atoms with Crippen LogP contribution in [0.3, 0.4) is 0 Å². The summed E-state index contributed by atoms with van der Waals surface area (Å²) in [5, 5.41) is 0. The number of allylic oxidation sites excluding steroid dienone is 2. The molecular formula is C22H20FIN4O3S2. The number of halogens is 2. The number of anilines is 1. The standard InChI is InChI=1S/C22H20FIN4O3S2/c1-14(15-5-7-16(23)8-6-15)27(2)22(29)18-10-9-17(24)12-19(18)26-33(30,31)21-4-3-11-28-20(21)13-25-32-28/h3-14,25-26H,1-2H3. The molecule has 1 unspecified atom stereocenters. The number of nitrogens with zero attached hydrogens (tertiary/aromatic N) is 2. The molecule has 0 saturated heterocycles. The second-order valence-corrected chi connectivity index (χ2v) is 11.1. The van der Waals surface area contributed by atoms with E-state index in [0.29, 0.717) is 5.70 Å². The van der Waals surface area contributed by atoms with Crippen LogP contribution in [0.25, 0.3) is 0 Å². The number of nitrogens with one attached hydrogen (secondary N) is 2. The molecule has 2 aromatic carbocycles. The molecule has 2 aliphatic heterocycles. The molecule has 0 bridgehead atoms. The Morgan fingerprint density at radius 1 is 1.24 bits per heavy atom. The van der Waals surface area contributed by atoms with Crippen molar-refractivity contribution in [3.05, 3.63) is 98.1 Å². The zero-order chi connectivity index (χ0) is 23.8. The Kier molecular flexibility index (Phi) is 6.73. The third kappa shape index (κ3) is 4.89. The minimum atomic E-state index is -3.99. The van der Waals surface area contributed by atoms with Gasteiger partial charge in [-0.1, -0.05) is 12.1 Å². The number of fused-ring (bicyclic) bond motifs is 1. The number of benzene rings is 2. The first-order valence-corrected chi connectivity index (χ1v) is 13.2. The van der Waals surface area contributed by atoms with E-state index in [-0.39, 0.29) is 33.9 Å². The van der Waals surface area contributed by atoms with Crippen molar-refractivity contribution in [3.8, 4) is 0 Å². The summed E-state index contributed by atoms with van der Waals surface area (Å²) in [5.41, 5.74) is 1.66. The molecule has 0 radical (unpaired) electrons. The Labute approximate surface area is 209 Å². The maximum absolute atomic E-state index is 13.4. The lowest BCUT2D eigenvalue weighted by Crippen LogP contribution is -2.31. The van der Waals surface area contributed by atoms with Crippen LogP contribution in [0.4, 0.5) is 10.1 Å². The van der Waals surface area contributed by atoms with Crippen molar-refractivity contribution in [2.24, 2.45) is 0 Å². The van der Waals surface area contributed by atoms with Crippen molar-refractivity contribution in [3.63, 3.8) is 0 Å². The Hall–Kier alpha value is -2.51. The smallest absolute Gasteiger partial charge is 0.264 e. The molecule has 0 aromatic heterocycles. The fraction of sp³-hybridized carbons (Fsp3) is 0.136. The Bertz CT molecular complexity index is 1290. The van der Waals surface area contributed by atoms with Crippen molar-refractivity contribution >= 4 is 56.3 Å². The highest BCUT2D eigenvalue weighted by Gasteiger charge is 2.31. The quantitative estimate of drug-likeness (QED) is 0.370. The van der Waals surface area contributed by atoms with Gasteiger partial charge in [0.25, 0.3) is 15.9 Å². The first-order chi connectivity index (χ1) is 15.7. The molecule has 1 atom stereocenters. The number of carbonyl (C=O) groups is 1. The van der Waals surface area contributed by atoms with Crippen LogP contribution in [-0.2, 0) is 10.0 Å². The van der Waals surface area contributed by atoms with Gasteiger partial charge in [-0.2, -0.15) is 0 Å². The Morgan fingerprint density at radius 2 is 1.97 bits per heavy atom. The maximum Gasteiger partial charge on any atom is 0.264 e. The number of rotatable bonds is 6. The summed E-state index contributed by atoms with van der Waals surface area (Å²) in [4.78, 5) is 14.9. The molecule has 2 heterocycles. The summed E-state index contributed by atoms with van der Waals surface area (Å²) >= 11 is 3.32. The van der Waals surface area contributed by atoms with E-state index < -0.39 is 10.0 Å². The van der Waals surface area contributed by atoms with Crippen molar-refractivity contribution in [2.75, 3.05) is 11.8 Å². The normalized spacial score (nSPS) is 15.8. The number of sulfonamides is 1. The summed E-state index contributed by atoms with van der Waals surface area (Å²) in [6.07, 6.45) is 6.52. The van der Waals surface area contributed by atoms with E-state index in [2.05, 4.69) is 32.0 Å². The number of hydrogen-bond acceptors (Lipinski definition) is 6. The summed E-state index contributed by atoms with van der Waals surface area (Å²) in [6, 6.07) is 10.5. The molecule has 4 rings (SSSR count). The molecule has 1 amide bonds. The molecule has 2 aromatic rings. The lowest BCUT2D eigenvalue weighted by molar-refractivity contribution is 0.0743. The van der Waals surface area contributed by atoms with Crippen LogP contribution in [-0.4, -0.2) is 30.6 Å². The lowest BCUT2D eigenvalue weighted by Gasteiger charge is -2.27. The average molecular weight is 598 g/mol. The van der Waals surface area contributed by atoms with Gasteiger partial charge in [-0.05, 0) is 77.6 Å². The van der Waals surface area contributed by atoms with E-state index in [0.717, 1.165) is 9.13 Å². The van der Waals surface area contributed by atoms with E-state index >= 15 is 0 Å². The molecule has 11 heteroatoms. The van der Waals surface area contributed by atoms with Crippen LogP contribution in [0.2, 0.25) is 0 Å². The molecule has 0 saturated carbocycles. The Morgan fingerprint density at radius 3 is 2.70 bits per heavy atom. The van der Waals surface area contributed by atoms with Crippen molar-refractivity contribution in [2.45, 2.75) is 13.0 Å². The van der Waals surface area contributed by atoms with Gasteiger partial charge in [-0.25, -0.2) is 12.8 Å². The molecule has 0 fully saturated rings. The van der Waals surface area contributed by atoms with E-state index in [4.69, 9.17) is 0 Å². The SMILES string of the molecule is CC(c1ccc(F)cc1)N(C)C(=O)c1ccc(I)cc1NS(=O)(=O)C1=CC=CN2SNC=C12. The molecular weight excluding hydrogens is 578 g/mol. The number of carbonyl (C=O) groups excluding carboxylic acids is 1. The lowest BCUT2D eigenvalue weighted by atomic mass is 10.1. The second-order valence-electron chi connectivity index (χ2n) is 7.38. The first-order valence-electron chi connectivity index (χ1n) is 9.83.